The number of unbranched alkanes of at least 4 members (excludes halogenated alkanes) is 9. The number of carbonyl (C=O) groups excluding carboxylic acids is 1. The van der Waals surface area contributed by atoms with Crippen LogP contribution in [-0.2, 0) is 14.3 Å². The first kappa shape index (κ1) is 20.2. The lowest BCUT2D eigenvalue weighted by atomic mass is 10.1. The second-order valence-electron chi connectivity index (χ2n) is 5.52. The fourth-order valence-electron chi connectivity index (χ4n) is 2.15. The number of ether oxygens (including phenoxy) is 2. The van der Waals surface area contributed by atoms with Gasteiger partial charge in [-0.3, -0.25) is 0 Å². The molecular weight excluding hydrogens is 264 g/mol. The van der Waals surface area contributed by atoms with Crippen LogP contribution in [0.4, 0.5) is 0 Å². The Morgan fingerprint density at radius 1 is 0.810 bits per heavy atom. The molecule has 3 nitrogen and oxygen atoms in total. The first-order valence-electron chi connectivity index (χ1n) is 8.68. The highest BCUT2D eigenvalue weighted by molar-refractivity contribution is 5.81. The van der Waals surface area contributed by atoms with Crippen molar-refractivity contribution in [3.63, 3.8) is 0 Å². The fraction of sp³-hybridized carbons (Fsp3) is 0.833. The second kappa shape index (κ2) is 17.2. The molecule has 0 fully saturated rings. The maximum absolute atomic E-state index is 10.8. The molecule has 0 atom stereocenters. The van der Waals surface area contributed by atoms with Gasteiger partial charge in [0, 0.05) is 19.3 Å². The van der Waals surface area contributed by atoms with Gasteiger partial charge in [-0.15, -0.1) is 0 Å². The molecule has 0 heterocycles. The van der Waals surface area contributed by atoms with Crippen LogP contribution in [-0.4, -0.2) is 25.8 Å². The summed E-state index contributed by atoms with van der Waals surface area (Å²) in [6.07, 6.45) is 14.7. The molecule has 21 heavy (non-hydrogen) atoms. The van der Waals surface area contributed by atoms with Gasteiger partial charge in [-0.1, -0.05) is 64.9 Å². The average Bonchev–Trinajstić information content (AvgIpc) is 2.50. The van der Waals surface area contributed by atoms with Crippen molar-refractivity contribution in [2.45, 2.75) is 77.6 Å². The largest absolute Gasteiger partial charge is 0.463 e. The molecule has 0 aromatic heterocycles. The standard InChI is InChI=1S/C18H34O3/c1-3-5-6-12-15-20-16-13-10-8-7-9-11-14-17-21-18(19)4-2/h4H,2-3,5-17H2,1H3. The third-order valence-corrected chi connectivity index (χ3v) is 3.49. The van der Waals surface area contributed by atoms with Crippen LogP contribution >= 0.6 is 0 Å². The van der Waals surface area contributed by atoms with Crippen LogP contribution in [0.1, 0.15) is 77.6 Å². The molecule has 0 spiro atoms. The van der Waals surface area contributed by atoms with Crippen LogP contribution in [0, 0.1) is 0 Å². The third-order valence-electron chi connectivity index (χ3n) is 3.49. The van der Waals surface area contributed by atoms with Gasteiger partial charge in [-0.25, -0.2) is 4.79 Å². The van der Waals surface area contributed by atoms with Crippen LogP contribution in [0.5, 0.6) is 0 Å². The van der Waals surface area contributed by atoms with Gasteiger partial charge in [-0.05, 0) is 19.3 Å². The number of hydrogen-bond donors (Lipinski definition) is 0. The van der Waals surface area contributed by atoms with Crippen molar-refractivity contribution >= 4 is 5.97 Å². The molecular formula is C18H34O3. The van der Waals surface area contributed by atoms with E-state index < -0.39 is 0 Å². The first-order chi connectivity index (χ1) is 10.3. The van der Waals surface area contributed by atoms with Gasteiger partial charge in [0.2, 0.25) is 0 Å². The van der Waals surface area contributed by atoms with Gasteiger partial charge in [0.25, 0.3) is 0 Å². The Kier molecular flexibility index (Phi) is 16.5. The lowest BCUT2D eigenvalue weighted by Gasteiger charge is -2.05. The average molecular weight is 298 g/mol. The zero-order valence-electron chi connectivity index (χ0n) is 13.9. The van der Waals surface area contributed by atoms with Crippen molar-refractivity contribution in [1.29, 1.82) is 0 Å². The Labute approximate surface area is 131 Å². The summed E-state index contributed by atoms with van der Waals surface area (Å²) < 4.78 is 10.5. The summed E-state index contributed by atoms with van der Waals surface area (Å²) in [6, 6.07) is 0. The molecule has 0 saturated heterocycles. The van der Waals surface area contributed by atoms with Crippen molar-refractivity contribution in [3.05, 3.63) is 12.7 Å². The van der Waals surface area contributed by atoms with Gasteiger partial charge in [-0.2, -0.15) is 0 Å². The number of carbonyl (C=O) groups is 1. The van der Waals surface area contributed by atoms with Gasteiger partial charge in [0.15, 0.2) is 0 Å². The number of esters is 1. The van der Waals surface area contributed by atoms with E-state index in [0.29, 0.717) is 6.61 Å². The summed E-state index contributed by atoms with van der Waals surface area (Å²) >= 11 is 0. The Balaban J connectivity index is 2.99. The predicted molar refractivity (Wildman–Crippen MR) is 88.4 cm³/mol. The molecule has 0 aliphatic heterocycles. The second-order valence-corrected chi connectivity index (χ2v) is 5.52. The SMILES string of the molecule is C=CC(=O)OCCCCCCCCCOCCCCCC. The molecule has 0 amide bonds. The van der Waals surface area contributed by atoms with E-state index in [-0.39, 0.29) is 5.97 Å². The highest BCUT2D eigenvalue weighted by Crippen LogP contribution is 2.08. The maximum Gasteiger partial charge on any atom is 0.330 e. The first-order valence-corrected chi connectivity index (χ1v) is 8.68. The summed E-state index contributed by atoms with van der Waals surface area (Å²) in [6.45, 7) is 7.97. The van der Waals surface area contributed by atoms with Crippen molar-refractivity contribution in [2.24, 2.45) is 0 Å². The van der Waals surface area contributed by atoms with E-state index in [0.717, 1.165) is 26.1 Å². The minimum Gasteiger partial charge on any atom is -0.463 e. The molecule has 124 valence electrons. The third kappa shape index (κ3) is 17.1. The smallest absolute Gasteiger partial charge is 0.330 e. The molecule has 3 heteroatoms. The minimum absolute atomic E-state index is 0.315. The summed E-state index contributed by atoms with van der Waals surface area (Å²) in [7, 11) is 0. The van der Waals surface area contributed by atoms with E-state index in [1.54, 1.807) is 0 Å². The summed E-state index contributed by atoms with van der Waals surface area (Å²) in [5.74, 6) is -0.315. The molecule has 0 aromatic carbocycles. The fourth-order valence-corrected chi connectivity index (χ4v) is 2.15. The van der Waals surface area contributed by atoms with E-state index in [1.165, 1.54) is 63.9 Å². The molecule has 0 saturated carbocycles. The lowest BCUT2D eigenvalue weighted by Crippen LogP contribution is -2.01. The number of rotatable bonds is 16. The van der Waals surface area contributed by atoms with Gasteiger partial charge in [0.05, 0.1) is 6.61 Å². The van der Waals surface area contributed by atoms with Crippen LogP contribution < -0.4 is 0 Å². The van der Waals surface area contributed by atoms with E-state index in [1.807, 2.05) is 0 Å². The summed E-state index contributed by atoms with van der Waals surface area (Å²) in [4.78, 5) is 10.8. The monoisotopic (exact) mass is 298 g/mol. The van der Waals surface area contributed by atoms with E-state index in [9.17, 15) is 4.79 Å². The zero-order chi connectivity index (χ0) is 15.6. The van der Waals surface area contributed by atoms with Gasteiger partial charge < -0.3 is 9.47 Å². The predicted octanol–water partition coefficient (Wildman–Crippen LogP) is 5.04. The van der Waals surface area contributed by atoms with E-state index >= 15 is 0 Å². The van der Waals surface area contributed by atoms with E-state index in [4.69, 9.17) is 9.47 Å². The normalized spacial score (nSPS) is 10.5. The van der Waals surface area contributed by atoms with E-state index in [2.05, 4.69) is 13.5 Å². The van der Waals surface area contributed by atoms with Crippen molar-refractivity contribution in [1.82, 2.24) is 0 Å². The quantitative estimate of drug-likeness (QED) is 0.227. The van der Waals surface area contributed by atoms with Crippen LogP contribution in [0.15, 0.2) is 12.7 Å². The molecule has 0 aliphatic carbocycles. The minimum atomic E-state index is -0.315. The maximum atomic E-state index is 10.8. The van der Waals surface area contributed by atoms with Crippen LogP contribution in [0.25, 0.3) is 0 Å². The summed E-state index contributed by atoms with van der Waals surface area (Å²) in [5.41, 5.74) is 0. The number of hydrogen-bond acceptors (Lipinski definition) is 3. The van der Waals surface area contributed by atoms with Crippen molar-refractivity contribution in [2.75, 3.05) is 19.8 Å². The van der Waals surface area contributed by atoms with Crippen LogP contribution in [0.3, 0.4) is 0 Å². The lowest BCUT2D eigenvalue weighted by molar-refractivity contribution is -0.137. The topological polar surface area (TPSA) is 35.5 Å². The molecule has 0 aliphatic rings. The molecule has 0 radical (unpaired) electrons. The van der Waals surface area contributed by atoms with Gasteiger partial charge in [0.1, 0.15) is 0 Å². The highest BCUT2D eigenvalue weighted by Gasteiger charge is 1.96. The Morgan fingerprint density at radius 2 is 1.29 bits per heavy atom. The van der Waals surface area contributed by atoms with Crippen molar-refractivity contribution < 1.29 is 14.3 Å². The highest BCUT2D eigenvalue weighted by atomic mass is 16.5. The molecule has 0 N–H and O–H groups in total. The molecule has 0 unspecified atom stereocenters. The Hall–Kier alpha value is -0.830. The van der Waals surface area contributed by atoms with Gasteiger partial charge >= 0.3 is 5.97 Å². The molecule has 0 aromatic rings. The Morgan fingerprint density at radius 3 is 1.81 bits per heavy atom. The zero-order valence-corrected chi connectivity index (χ0v) is 13.9. The van der Waals surface area contributed by atoms with Crippen molar-refractivity contribution in [3.8, 4) is 0 Å². The Bertz CT molecular complexity index is 239. The molecule has 0 rings (SSSR count). The molecule has 0 bridgehead atoms. The summed E-state index contributed by atoms with van der Waals surface area (Å²) in [5, 5.41) is 0. The van der Waals surface area contributed by atoms with Crippen LogP contribution in [0.2, 0.25) is 0 Å².